The summed E-state index contributed by atoms with van der Waals surface area (Å²) in [6.07, 6.45) is 3.47. The highest BCUT2D eigenvalue weighted by molar-refractivity contribution is 4.74. The summed E-state index contributed by atoms with van der Waals surface area (Å²) >= 11 is 0. The molecule has 0 saturated heterocycles. The van der Waals surface area contributed by atoms with Crippen molar-refractivity contribution in [2.45, 2.75) is 143 Å². The van der Waals surface area contributed by atoms with E-state index in [9.17, 15) is 5.11 Å². The Morgan fingerprint density at radius 1 is 0.519 bits per heavy atom. The number of hydrogen-bond donors (Lipinski definition) is 1. The van der Waals surface area contributed by atoms with Gasteiger partial charge in [0.25, 0.3) is 0 Å². The summed E-state index contributed by atoms with van der Waals surface area (Å²) in [5.41, 5.74) is 1.21. The van der Waals surface area contributed by atoms with Crippen LogP contribution >= 0.6 is 0 Å². The van der Waals surface area contributed by atoms with Crippen molar-refractivity contribution in [2.75, 3.05) is 0 Å². The van der Waals surface area contributed by atoms with Crippen LogP contribution in [0.2, 0.25) is 0 Å². The zero-order chi connectivity index (χ0) is 22.2. The van der Waals surface area contributed by atoms with Gasteiger partial charge in [0.2, 0.25) is 0 Å². The smallest absolute Gasteiger partial charge is 0.0596 e. The lowest BCUT2D eigenvalue weighted by Gasteiger charge is -2.28. The Kier molecular flexibility index (Phi) is 16.0. The van der Waals surface area contributed by atoms with E-state index in [0.717, 1.165) is 12.3 Å². The topological polar surface area (TPSA) is 20.2 Å². The van der Waals surface area contributed by atoms with E-state index >= 15 is 0 Å². The zero-order valence-electron chi connectivity index (χ0n) is 21.6. The molecule has 0 aliphatic heterocycles. The molecule has 0 unspecified atom stereocenters. The van der Waals surface area contributed by atoms with Crippen molar-refractivity contribution in [3.05, 3.63) is 0 Å². The maximum atomic E-state index is 9.35. The van der Waals surface area contributed by atoms with Crippen LogP contribution in [0.25, 0.3) is 0 Å². The average Bonchev–Trinajstić information content (AvgIpc) is 1.99. The Bertz CT molecular complexity index is 279. The van der Waals surface area contributed by atoms with E-state index in [4.69, 9.17) is 0 Å². The third-order valence-electron chi connectivity index (χ3n) is 3.04. The molecular formula is C26H60O. The Labute approximate surface area is 176 Å². The molecule has 1 nitrogen and oxygen atoms in total. The molecule has 27 heavy (non-hydrogen) atoms. The average molecular weight is 389 g/mol. The van der Waals surface area contributed by atoms with Gasteiger partial charge in [-0.1, -0.05) is 104 Å². The second-order valence-corrected chi connectivity index (χ2v) is 14.0. The molecule has 170 valence electrons. The van der Waals surface area contributed by atoms with Gasteiger partial charge in [0.15, 0.2) is 0 Å². The lowest BCUT2D eigenvalue weighted by atomic mass is 9.78. The minimum Gasteiger partial charge on any atom is -0.390 e. The van der Waals surface area contributed by atoms with Crippen LogP contribution in [0.4, 0.5) is 0 Å². The Morgan fingerprint density at radius 2 is 0.778 bits per heavy atom. The Balaban J connectivity index is -0.000000145. The molecule has 0 bridgehead atoms. The minimum atomic E-state index is -0.516. The van der Waals surface area contributed by atoms with Gasteiger partial charge in [-0.25, -0.2) is 0 Å². The normalized spacial score (nSPS) is 13.1. The standard InChI is InChI=1S/C9H20.C8H18O.C8H18.CH4/c1-8(2,3)7-9(4,5)6;1-7(2,3)6-8(4,5)9;1-7(2)6-8(3,4)5;/h7H2,1-6H3;9H,6H2,1-5H3;7H,6H2,1-5H3;1H4. The first-order chi connectivity index (χ1) is 10.8. The van der Waals surface area contributed by atoms with Gasteiger partial charge in [-0.2, -0.15) is 0 Å². The maximum Gasteiger partial charge on any atom is 0.0596 e. The zero-order valence-corrected chi connectivity index (χ0v) is 21.6. The van der Waals surface area contributed by atoms with E-state index < -0.39 is 5.60 Å². The quantitative estimate of drug-likeness (QED) is 0.499. The third kappa shape index (κ3) is 51.8. The van der Waals surface area contributed by atoms with Crippen LogP contribution in [-0.4, -0.2) is 10.7 Å². The van der Waals surface area contributed by atoms with Crippen LogP contribution in [0.5, 0.6) is 0 Å². The summed E-state index contributed by atoms with van der Waals surface area (Å²) in [6.45, 7) is 35.2. The molecule has 0 aromatic rings. The summed E-state index contributed by atoms with van der Waals surface area (Å²) < 4.78 is 0. The van der Waals surface area contributed by atoms with Gasteiger partial charge in [-0.3, -0.25) is 0 Å². The molecular weight excluding hydrogens is 328 g/mol. The van der Waals surface area contributed by atoms with Gasteiger partial charge < -0.3 is 5.11 Å². The molecule has 0 atom stereocenters. The first-order valence-electron chi connectivity index (χ1n) is 10.6. The van der Waals surface area contributed by atoms with Crippen LogP contribution in [0.3, 0.4) is 0 Å². The van der Waals surface area contributed by atoms with E-state index in [1.165, 1.54) is 12.8 Å². The molecule has 0 aliphatic carbocycles. The molecule has 1 heteroatoms. The highest BCUT2D eigenvalue weighted by atomic mass is 16.3. The molecule has 0 spiro atoms. The van der Waals surface area contributed by atoms with E-state index in [1.54, 1.807) is 0 Å². The fraction of sp³-hybridized carbons (Fsp3) is 1.00. The molecule has 0 amide bonds. The summed E-state index contributed by atoms with van der Waals surface area (Å²) in [7, 11) is 0. The maximum absolute atomic E-state index is 9.35. The van der Waals surface area contributed by atoms with Crippen LogP contribution in [-0.2, 0) is 0 Å². The fourth-order valence-corrected chi connectivity index (χ4v) is 4.11. The predicted octanol–water partition coefficient (Wildman–Crippen LogP) is 9.38. The lowest BCUT2D eigenvalue weighted by molar-refractivity contribution is 0.0371. The van der Waals surface area contributed by atoms with Crippen molar-refractivity contribution < 1.29 is 5.11 Å². The van der Waals surface area contributed by atoms with Crippen molar-refractivity contribution in [3.8, 4) is 0 Å². The lowest BCUT2D eigenvalue weighted by Crippen LogP contribution is -2.25. The van der Waals surface area contributed by atoms with E-state index in [0.29, 0.717) is 16.2 Å². The number of hydrogen-bond acceptors (Lipinski definition) is 1. The molecule has 0 aromatic carbocycles. The third-order valence-corrected chi connectivity index (χ3v) is 3.04. The number of rotatable bonds is 2. The van der Waals surface area contributed by atoms with Crippen molar-refractivity contribution in [1.82, 2.24) is 0 Å². The van der Waals surface area contributed by atoms with E-state index in [1.807, 2.05) is 13.8 Å². The molecule has 0 aromatic heterocycles. The summed E-state index contributed by atoms with van der Waals surface area (Å²) in [5, 5.41) is 9.35. The van der Waals surface area contributed by atoms with Crippen molar-refractivity contribution in [3.63, 3.8) is 0 Å². The van der Waals surface area contributed by atoms with Gasteiger partial charge >= 0.3 is 0 Å². The van der Waals surface area contributed by atoms with E-state index in [-0.39, 0.29) is 12.8 Å². The molecule has 0 radical (unpaired) electrons. The second-order valence-electron chi connectivity index (χ2n) is 14.0. The van der Waals surface area contributed by atoms with Gasteiger partial charge in [0.1, 0.15) is 0 Å². The summed E-state index contributed by atoms with van der Waals surface area (Å²) in [5.74, 6) is 0.843. The largest absolute Gasteiger partial charge is 0.390 e. The van der Waals surface area contributed by atoms with Gasteiger partial charge in [-0.15, -0.1) is 0 Å². The number of aliphatic hydroxyl groups is 1. The highest BCUT2D eigenvalue weighted by Gasteiger charge is 2.22. The Hall–Kier alpha value is -0.0400. The minimum absolute atomic E-state index is 0. The van der Waals surface area contributed by atoms with Crippen LogP contribution in [0, 0.1) is 27.6 Å². The molecule has 0 heterocycles. The SMILES string of the molecule is C.CC(C)(C)CC(C)(C)C.CC(C)(C)CC(C)(C)O.CC(C)CC(C)(C)C. The molecule has 0 saturated carbocycles. The van der Waals surface area contributed by atoms with Crippen LogP contribution < -0.4 is 0 Å². The predicted molar refractivity (Wildman–Crippen MR) is 130 cm³/mol. The van der Waals surface area contributed by atoms with Gasteiger partial charge in [0, 0.05) is 0 Å². The van der Waals surface area contributed by atoms with E-state index in [2.05, 4.69) is 96.9 Å². The Morgan fingerprint density at radius 3 is 0.778 bits per heavy atom. The van der Waals surface area contributed by atoms with Crippen molar-refractivity contribution >= 4 is 0 Å². The molecule has 1 N–H and O–H groups in total. The molecule has 0 fully saturated rings. The highest BCUT2D eigenvalue weighted by Crippen LogP contribution is 2.32. The summed E-state index contributed by atoms with van der Waals surface area (Å²) in [4.78, 5) is 0. The van der Waals surface area contributed by atoms with Crippen LogP contribution in [0.15, 0.2) is 0 Å². The first kappa shape index (κ1) is 34.5. The second kappa shape index (κ2) is 12.5. The summed E-state index contributed by atoms with van der Waals surface area (Å²) in [6, 6.07) is 0. The van der Waals surface area contributed by atoms with Gasteiger partial charge in [-0.05, 0) is 60.7 Å². The van der Waals surface area contributed by atoms with Crippen molar-refractivity contribution in [2.24, 2.45) is 27.6 Å². The van der Waals surface area contributed by atoms with Crippen molar-refractivity contribution in [1.29, 1.82) is 0 Å². The van der Waals surface area contributed by atoms with Crippen LogP contribution in [0.1, 0.15) is 137 Å². The van der Waals surface area contributed by atoms with Gasteiger partial charge in [0.05, 0.1) is 5.60 Å². The fourth-order valence-electron chi connectivity index (χ4n) is 4.11. The molecule has 0 rings (SSSR count). The monoisotopic (exact) mass is 388 g/mol. The first-order valence-corrected chi connectivity index (χ1v) is 10.6. The molecule has 0 aliphatic rings.